The third kappa shape index (κ3) is 2.51. The summed E-state index contributed by atoms with van der Waals surface area (Å²) in [6.07, 6.45) is 1.95. The third-order valence-electron chi connectivity index (χ3n) is 3.47. The first-order valence-electron chi connectivity index (χ1n) is 6.66. The lowest BCUT2D eigenvalue weighted by Gasteiger charge is -2.09. The molecule has 2 N–H and O–H groups in total. The van der Waals surface area contributed by atoms with E-state index in [0.717, 1.165) is 18.4 Å². The van der Waals surface area contributed by atoms with Gasteiger partial charge in [0.05, 0.1) is 10.9 Å². The minimum Gasteiger partial charge on any atom is -0.354 e. The molecule has 5 nitrogen and oxygen atoms in total. The Balaban J connectivity index is 1.82. The van der Waals surface area contributed by atoms with Crippen LogP contribution in [-0.2, 0) is 11.3 Å². The summed E-state index contributed by atoms with van der Waals surface area (Å²) >= 11 is 5.20. The number of amides is 1. The molecule has 0 radical (unpaired) electrons. The van der Waals surface area contributed by atoms with Crippen molar-refractivity contribution in [2.45, 2.75) is 19.4 Å². The minimum absolute atomic E-state index is 0.0775. The first-order chi connectivity index (χ1) is 9.66. The summed E-state index contributed by atoms with van der Waals surface area (Å²) in [5.41, 5.74) is 0.616. The molecule has 1 aliphatic rings. The number of carbonyl (C=O) groups is 1. The average Bonchev–Trinajstić information content (AvgIpc) is 3.27. The number of aromatic nitrogens is 2. The third-order valence-corrected chi connectivity index (χ3v) is 3.79. The van der Waals surface area contributed by atoms with Crippen molar-refractivity contribution >= 4 is 29.0 Å². The number of hydrogen-bond acceptors (Lipinski definition) is 3. The Bertz CT molecular complexity index is 774. The summed E-state index contributed by atoms with van der Waals surface area (Å²) in [5.74, 6) is 0.256. The van der Waals surface area contributed by atoms with Gasteiger partial charge in [-0.05, 0) is 37.2 Å². The van der Waals surface area contributed by atoms with Crippen LogP contribution in [-0.4, -0.2) is 22.0 Å². The molecule has 1 aliphatic carbocycles. The molecular formula is C14H15N3O2S. The van der Waals surface area contributed by atoms with Gasteiger partial charge in [-0.3, -0.25) is 14.2 Å². The Morgan fingerprint density at radius 1 is 1.40 bits per heavy atom. The van der Waals surface area contributed by atoms with Crippen LogP contribution in [0.4, 0.5) is 0 Å². The highest BCUT2D eigenvalue weighted by atomic mass is 32.1. The number of benzene rings is 1. The highest BCUT2D eigenvalue weighted by Crippen LogP contribution is 2.28. The van der Waals surface area contributed by atoms with E-state index in [1.54, 1.807) is 6.07 Å². The molecule has 3 rings (SSSR count). The van der Waals surface area contributed by atoms with Gasteiger partial charge in [0.1, 0.15) is 0 Å². The lowest BCUT2D eigenvalue weighted by atomic mass is 10.2. The Hall–Kier alpha value is -1.95. The number of hydrogen-bond donors (Lipinski definition) is 2. The molecule has 1 aromatic carbocycles. The number of para-hydroxylation sites is 1. The number of carbonyl (C=O) groups excluding carboxylic acids is 1. The fraction of sp³-hybridized carbons (Fsp3) is 0.357. The smallest absolute Gasteiger partial charge is 0.262 e. The van der Waals surface area contributed by atoms with Crippen LogP contribution < -0.4 is 10.9 Å². The molecule has 0 unspecified atom stereocenters. The van der Waals surface area contributed by atoms with Crippen LogP contribution in [0.1, 0.15) is 12.8 Å². The molecule has 1 heterocycles. The predicted molar refractivity (Wildman–Crippen MR) is 79.1 cm³/mol. The van der Waals surface area contributed by atoms with E-state index in [1.807, 2.05) is 18.2 Å². The molecule has 1 amide bonds. The van der Waals surface area contributed by atoms with Crippen molar-refractivity contribution < 1.29 is 4.79 Å². The molecule has 1 saturated carbocycles. The summed E-state index contributed by atoms with van der Waals surface area (Å²) < 4.78 is 1.87. The van der Waals surface area contributed by atoms with Crippen LogP contribution in [0.25, 0.3) is 10.9 Å². The maximum atomic E-state index is 12.3. The minimum atomic E-state index is -0.120. The molecular weight excluding hydrogens is 274 g/mol. The van der Waals surface area contributed by atoms with E-state index in [4.69, 9.17) is 12.2 Å². The molecule has 0 saturated heterocycles. The molecule has 0 atom stereocenters. The van der Waals surface area contributed by atoms with E-state index < -0.39 is 0 Å². The predicted octanol–water partition coefficient (Wildman–Crippen LogP) is 1.59. The van der Waals surface area contributed by atoms with Crippen molar-refractivity contribution in [1.82, 2.24) is 14.9 Å². The quantitative estimate of drug-likeness (QED) is 0.840. The van der Waals surface area contributed by atoms with Crippen molar-refractivity contribution in [3.05, 3.63) is 39.4 Å². The van der Waals surface area contributed by atoms with Gasteiger partial charge in [-0.1, -0.05) is 12.1 Å². The van der Waals surface area contributed by atoms with Crippen LogP contribution in [0.3, 0.4) is 0 Å². The Kier molecular flexibility index (Phi) is 3.40. The van der Waals surface area contributed by atoms with Gasteiger partial charge in [-0.2, -0.15) is 0 Å². The lowest BCUT2D eigenvalue weighted by Crippen LogP contribution is -2.32. The van der Waals surface area contributed by atoms with Crippen LogP contribution >= 0.6 is 12.2 Å². The first kappa shape index (κ1) is 13.1. The molecule has 2 aromatic rings. The van der Waals surface area contributed by atoms with Gasteiger partial charge in [0.25, 0.3) is 5.56 Å². The Morgan fingerprint density at radius 3 is 2.90 bits per heavy atom. The summed E-state index contributed by atoms with van der Waals surface area (Å²) in [6, 6.07) is 7.26. The second-order valence-electron chi connectivity index (χ2n) is 5.00. The number of rotatable bonds is 4. The molecule has 104 valence electrons. The molecule has 20 heavy (non-hydrogen) atoms. The van der Waals surface area contributed by atoms with Gasteiger partial charge < -0.3 is 10.3 Å². The van der Waals surface area contributed by atoms with E-state index in [0.29, 0.717) is 23.2 Å². The van der Waals surface area contributed by atoms with E-state index in [2.05, 4.69) is 10.3 Å². The zero-order valence-corrected chi connectivity index (χ0v) is 11.7. The van der Waals surface area contributed by atoms with Gasteiger partial charge in [-0.25, -0.2) is 0 Å². The van der Waals surface area contributed by atoms with Crippen LogP contribution in [0.15, 0.2) is 29.1 Å². The van der Waals surface area contributed by atoms with Crippen molar-refractivity contribution in [2.75, 3.05) is 6.54 Å². The largest absolute Gasteiger partial charge is 0.354 e. The summed E-state index contributed by atoms with van der Waals surface area (Å²) in [6.45, 7) is 0.808. The Labute approximate surface area is 120 Å². The van der Waals surface area contributed by atoms with Crippen molar-refractivity contribution in [2.24, 2.45) is 5.92 Å². The molecule has 1 aromatic heterocycles. The SMILES string of the molecule is O=C(NCCn1c(=S)[nH]c2ccccc2c1=O)C1CC1. The van der Waals surface area contributed by atoms with Gasteiger partial charge in [0, 0.05) is 19.0 Å². The van der Waals surface area contributed by atoms with E-state index in [-0.39, 0.29) is 17.4 Å². The number of H-pyrrole nitrogens is 1. The standard InChI is InChI=1S/C14H15N3O2S/c18-12(9-5-6-9)15-7-8-17-13(19)10-3-1-2-4-11(10)16-14(17)20/h1-4,9H,5-8H2,(H,15,18)(H,16,20). The maximum absolute atomic E-state index is 12.3. The van der Waals surface area contributed by atoms with E-state index in [9.17, 15) is 9.59 Å². The van der Waals surface area contributed by atoms with Gasteiger partial charge in [0.2, 0.25) is 5.91 Å². The molecule has 0 spiro atoms. The number of fused-ring (bicyclic) bond motifs is 1. The second-order valence-corrected chi connectivity index (χ2v) is 5.38. The van der Waals surface area contributed by atoms with Crippen LogP contribution in [0, 0.1) is 10.7 Å². The number of nitrogens with zero attached hydrogens (tertiary/aromatic N) is 1. The van der Waals surface area contributed by atoms with Gasteiger partial charge in [0.15, 0.2) is 4.77 Å². The second kappa shape index (κ2) is 5.20. The van der Waals surface area contributed by atoms with Crippen LogP contribution in [0.5, 0.6) is 0 Å². The summed E-state index contributed by atoms with van der Waals surface area (Å²) in [7, 11) is 0. The number of nitrogens with one attached hydrogen (secondary N) is 2. The monoisotopic (exact) mass is 289 g/mol. The average molecular weight is 289 g/mol. The summed E-state index contributed by atoms with van der Waals surface area (Å²) in [4.78, 5) is 26.9. The van der Waals surface area contributed by atoms with Crippen LogP contribution in [0.2, 0.25) is 0 Å². The first-order valence-corrected chi connectivity index (χ1v) is 7.07. The van der Waals surface area contributed by atoms with E-state index >= 15 is 0 Å². The van der Waals surface area contributed by atoms with E-state index in [1.165, 1.54) is 4.57 Å². The summed E-state index contributed by atoms with van der Waals surface area (Å²) in [5, 5.41) is 3.44. The molecule has 1 fully saturated rings. The van der Waals surface area contributed by atoms with Crippen molar-refractivity contribution in [1.29, 1.82) is 0 Å². The van der Waals surface area contributed by atoms with Crippen molar-refractivity contribution in [3.8, 4) is 0 Å². The molecule has 0 bridgehead atoms. The molecule has 0 aliphatic heterocycles. The lowest BCUT2D eigenvalue weighted by molar-refractivity contribution is -0.122. The Morgan fingerprint density at radius 2 is 2.15 bits per heavy atom. The van der Waals surface area contributed by atoms with Gasteiger partial charge >= 0.3 is 0 Å². The zero-order valence-electron chi connectivity index (χ0n) is 10.9. The van der Waals surface area contributed by atoms with Crippen molar-refractivity contribution in [3.63, 3.8) is 0 Å². The normalized spacial score (nSPS) is 14.4. The molecule has 6 heteroatoms. The topological polar surface area (TPSA) is 66.9 Å². The fourth-order valence-electron chi connectivity index (χ4n) is 2.18. The fourth-order valence-corrected chi connectivity index (χ4v) is 2.47. The number of aromatic amines is 1. The van der Waals surface area contributed by atoms with Gasteiger partial charge in [-0.15, -0.1) is 0 Å². The highest BCUT2D eigenvalue weighted by molar-refractivity contribution is 7.71. The zero-order chi connectivity index (χ0) is 14.1. The maximum Gasteiger partial charge on any atom is 0.262 e. The highest BCUT2D eigenvalue weighted by Gasteiger charge is 2.29.